The van der Waals surface area contributed by atoms with Gasteiger partial charge in [0.15, 0.2) is 0 Å². The minimum absolute atomic E-state index is 0.386. The largest absolute Gasteiger partial charge is 0.299 e. The van der Waals surface area contributed by atoms with Crippen LogP contribution in [0.5, 0.6) is 0 Å². The summed E-state index contributed by atoms with van der Waals surface area (Å²) in [5, 5.41) is 0. The molecule has 3 aliphatic rings. The van der Waals surface area contributed by atoms with Crippen LogP contribution in [0.1, 0.15) is 57.8 Å². The number of carbonyl (C=O) groups is 1. The Balaban J connectivity index is 1.59. The molecule has 3 fully saturated rings. The minimum Gasteiger partial charge on any atom is -0.299 e. The van der Waals surface area contributed by atoms with Crippen LogP contribution in [0.25, 0.3) is 0 Å². The fourth-order valence-electron chi connectivity index (χ4n) is 4.32. The van der Waals surface area contributed by atoms with E-state index in [1.807, 2.05) is 0 Å². The molecule has 0 aromatic rings. The number of rotatable bonds is 3. The molecule has 2 heteroatoms. The first-order chi connectivity index (χ1) is 8.34. The molecule has 0 aromatic heterocycles. The summed E-state index contributed by atoms with van der Waals surface area (Å²) in [4.78, 5) is 14.4. The van der Waals surface area contributed by atoms with Crippen molar-refractivity contribution in [3.8, 4) is 0 Å². The summed E-state index contributed by atoms with van der Waals surface area (Å²) < 4.78 is 0. The van der Waals surface area contributed by atoms with Crippen LogP contribution in [0.2, 0.25) is 0 Å². The molecule has 2 atom stereocenters. The molecule has 2 saturated carbocycles. The van der Waals surface area contributed by atoms with Gasteiger partial charge in [0.05, 0.1) is 0 Å². The van der Waals surface area contributed by atoms with Gasteiger partial charge in [0.25, 0.3) is 0 Å². The predicted octanol–water partition coefficient (Wildman–Crippen LogP) is 3.01. The van der Waals surface area contributed by atoms with Gasteiger partial charge in [0.1, 0.15) is 5.78 Å². The Morgan fingerprint density at radius 2 is 1.82 bits per heavy atom. The van der Waals surface area contributed by atoms with Crippen molar-refractivity contribution in [2.45, 2.75) is 63.8 Å². The second-order valence-electron chi connectivity index (χ2n) is 6.30. The maximum atomic E-state index is 11.8. The third-order valence-corrected chi connectivity index (χ3v) is 5.24. The van der Waals surface area contributed by atoms with Gasteiger partial charge in [-0.2, -0.15) is 0 Å². The Hall–Kier alpha value is -0.370. The van der Waals surface area contributed by atoms with Crippen molar-refractivity contribution in [1.82, 2.24) is 4.90 Å². The summed E-state index contributed by atoms with van der Waals surface area (Å²) in [7, 11) is 0. The van der Waals surface area contributed by atoms with E-state index in [-0.39, 0.29) is 0 Å². The summed E-state index contributed by atoms with van der Waals surface area (Å²) in [6.45, 7) is 2.34. The van der Waals surface area contributed by atoms with Gasteiger partial charge in [-0.3, -0.25) is 9.69 Å². The maximum absolute atomic E-state index is 11.8. The zero-order valence-corrected chi connectivity index (χ0v) is 10.9. The molecule has 1 heterocycles. The van der Waals surface area contributed by atoms with E-state index in [0.717, 1.165) is 37.8 Å². The molecule has 1 aliphatic heterocycles. The molecule has 0 amide bonds. The van der Waals surface area contributed by atoms with E-state index in [1.54, 1.807) is 0 Å². The molecule has 0 aromatic carbocycles. The van der Waals surface area contributed by atoms with E-state index in [2.05, 4.69) is 4.90 Å². The Bertz CT molecular complexity index is 283. The molecule has 0 radical (unpaired) electrons. The van der Waals surface area contributed by atoms with Crippen molar-refractivity contribution in [1.29, 1.82) is 0 Å². The normalized spacial score (nSPS) is 36.1. The van der Waals surface area contributed by atoms with Crippen molar-refractivity contribution < 1.29 is 4.79 Å². The van der Waals surface area contributed by atoms with Gasteiger partial charge in [-0.05, 0) is 51.0 Å². The van der Waals surface area contributed by atoms with Crippen molar-refractivity contribution in [3.05, 3.63) is 0 Å². The lowest BCUT2D eigenvalue weighted by atomic mass is 9.95. The van der Waals surface area contributed by atoms with Crippen molar-refractivity contribution in [2.24, 2.45) is 11.8 Å². The number of likely N-dealkylation sites (tertiary alicyclic amines) is 1. The van der Waals surface area contributed by atoms with E-state index in [1.165, 1.54) is 45.1 Å². The van der Waals surface area contributed by atoms with Crippen LogP contribution in [-0.4, -0.2) is 29.8 Å². The van der Waals surface area contributed by atoms with Gasteiger partial charge in [-0.25, -0.2) is 0 Å². The average Bonchev–Trinajstić information content (AvgIpc) is 3.02. The topological polar surface area (TPSA) is 20.3 Å². The molecule has 2 aliphatic carbocycles. The zero-order valence-electron chi connectivity index (χ0n) is 10.9. The second kappa shape index (κ2) is 5.09. The molecule has 2 nitrogen and oxygen atoms in total. The number of hydrogen-bond acceptors (Lipinski definition) is 2. The molecule has 17 heavy (non-hydrogen) atoms. The van der Waals surface area contributed by atoms with Crippen LogP contribution < -0.4 is 0 Å². The molecule has 0 N–H and O–H groups in total. The number of nitrogens with zero attached hydrogens (tertiary/aromatic N) is 1. The third-order valence-electron chi connectivity index (χ3n) is 5.24. The number of Topliss-reactive ketones (excluding diaryl/α,β-unsaturated/α-hetero) is 1. The Morgan fingerprint density at radius 1 is 1.00 bits per heavy atom. The highest BCUT2D eigenvalue weighted by Gasteiger charge is 2.36. The summed E-state index contributed by atoms with van der Waals surface area (Å²) in [5.41, 5.74) is 0. The quantitative estimate of drug-likeness (QED) is 0.749. The van der Waals surface area contributed by atoms with Crippen LogP contribution in [0.4, 0.5) is 0 Å². The summed E-state index contributed by atoms with van der Waals surface area (Å²) >= 11 is 0. The van der Waals surface area contributed by atoms with Gasteiger partial charge in [0.2, 0.25) is 0 Å². The first kappa shape index (κ1) is 11.7. The van der Waals surface area contributed by atoms with Gasteiger partial charge >= 0.3 is 0 Å². The molecule has 0 spiro atoms. The third kappa shape index (κ3) is 2.42. The molecule has 0 bridgehead atoms. The van der Waals surface area contributed by atoms with Gasteiger partial charge in [0, 0.05) is 24.9 Å². The van der Waals surface area contributed by atoms with Crippen LogP contribution >= 0.6 is 0 Å². The fourth-order valence-corrected chi connectivity index (χ4v) is 4.32. The lowest BCUT2D eigenvalue weighted by Crippen LogP contribution is -2.38. The van der Waals surface area contributed by atoms with Gasteiger partial charge < -0.3 is 0 Å². The highest BCUT2D eigenvalue weighted by molar-refractivity contribution is 5.83. The smallest absolute Gasteiger partial charge is 0.137 e. The molecule has 2 unspecified atom stereocenters. The monoisotopic (exact) mass is 235 g/mol. The van der Waals surface area contributed by atoms with Gasteiger partial charge in [-0.1, -0.05) is 12.8 Å². The van der Waals surface area contributed by atoms with E-state index in [9.17, 15) is 4.79 Å². The summed E-state index contributed by atoms with van der Waals surface area (Å²) in [6.07, 6.45) is 11.7. The standard InChI is InChI=1S/C15H25NO/c17-15-9-3-7-13(15)11-16-10-4-8-14(16)12-5-1-2-6-12/h12-14H,1-11H2. The second-order valence-corrected chi connectivity index (χ2v) is 6.30. The molecular weight excluding hydrogens is 210 g/mol. The van der Waals surface area contributed by atoms with Crippen LogP contribution in [0.15, 0.2) is 0 Å². The van der Waals surface area contributed by atoms with E-state index in [4.69, 9.17) is 0 Å². The molecular formula is C15H25NO. The van der Waals surface area contributed by atoms with Crippen LogP contribution in [0.3, 0.4) is 0 Å². The van der Waals surface area contributed by atoms with E-state index >= 15 is 0 Å². The Morgan fingerprint density at radius 3 is 2.53 bits per heavy atom. The first-order valence-corrected chi connectivity index (χ1v) is 7.61. The lowest BCUT2D eigenvalue weighted by Gasteiger charge is -2.31. The number of carbonyl (C=O) groups excluding carboxylic acids is 1. The molecule has 1 saturated heterocycles. The average molecular weight is 235 g/mol. The summed E-state index contributed by atoms with van der Waals surface area (Å²) in [5.74, 6) is 1.88. The van der Waals surface area contributed by atoms with Gasteiger partial charge in [-0.15, -0.1) is 0 Å². The predicted molar refractivity (Wildman–Crippen MR) is 68.9 cm³/mol. The molecule has 3 rings (SSSR count). The fraction of sp³-hybridized carbons (Fsp3) is 0.933. The van der Waals surface area contributed by atoms with Crippen LogP contribution in [0, 0.1) is 11.8 Å². The zero-order chi connectivity index (χ0) is 11.7. The maximum Gasteiger partial charge on any atom is 0.137 e. The minimum atomic E-state index is 0.386. The SMILES string of the molecule is O=C1CCCC1CN1CCCC1C1CCCC1. The highest BCUT2D eigenvalue weighted by atomic mass is 16.1. The Labute approximate surface area is 105 Å². The summed E-state index contributed by atoms with van der Waals surface area (Å²) in [6, 6.07) is 0.825. The number of ketones is 1. The highest BCUT2D eigenvalue weighted by Crippen LogP contribution is 2.36. The van der Waals surface area contributed by atoms with Crippen LogP contribution in [-0.2, 0) is 4.79 Å². The van der Waals surface area contributed by atoms with Crippen molar-refractivity contribution >= 4 is 5.78 Å². The number of hydrogen-bond donors (Lipinski definition) is 0. The first-order valence-electron chi connectivity index (χ1n) is 7.61. The lowest BCUT2D eigenvalue weighted by molar-refractivity contribution is -0.121. The Kier molecular flexibility index (Phi) is 3.51. The van der Waals surface area contributed by atoms with E-state index < -0.39 is 0 Å². The van der Waals surface area contributed by atoms with Crippen molar-refractivity contribution in [2.75, 3.05) is 13.1 Å². The van der Waals surface area contributed by atoms with E-state index in [0.29, 0.717) is 11.7 Å². The molecule has 96 valence electrons. The van der Waals surface area contributed by atoms with Crippen molar-refractivity contribution in [3.63, 3.8) is 0 Å².